The Balaban J connectivity index is 1.35. The molecule has 2 aliphatic heterocycles. The fourth-order valence-electron chi connectivity index (χ4n) is 4.49. The van der Waals surface area contributed by atoms with Gasteiger partial charge in [-0.3, -0.25) is 9.69 Å². The summed E-state index contributed by atoms with van der Waals surface area (Å²) in [5.74, 6) is 2.37. The van der Waals surface area contributed by atoms with Crippen molar-refractivity contribution < 1.29 is 4.74 Å². The van der Waals surface area contributed by atoms with Crippen LogP contribution in [0.4, 0.5) is 5.69 Å². The van der Waals surface area contributed by atoms with Crippen LogP contribution in [-0.2, 0) is 4.74 Å². The Morgan fingerprint density at radius 2 is 1.90 bits per heavy atom. The van der Waals surface area contributed by atoms with E-state index in [0.717, 1.165) is 50.7 Å². The molecule has 4 heterocycles. The minimum atomic E-state index is -0.127. The van der Waals surface area contributed by atoms with Crippen LogP contribution in [0.15, 0.2) is 35.3 Å². The molecule has 30 heavy (non-hydrogen) atoms. The second-order valence-corrected chi connectivity index (χ2v) is 8.34. The summed E-state index contributed by atoms with van der Waals surface area (Å²) >= 11 is 0. The van der Waals surface area contributed by atoms with Gasteiger partial charge in [0.25, 0.3) is 5.56 Å². The first kappa shape index (κ1) is 19.3. The Morgan fingerprint density at radius 1 is 1.17 bits per heavy atom. The molecule has 158 valence electrons. The summed E-state index contributed by atoms with van der Waals surface area (Å²) in [6.45, 7) is 5.49. The van der Waals surface area contributed by atoms with E-state index in [4.69, 9.17) is 9.84 Å². The molecule has 0 aliphatic carbocycles. The number of fused-ring (bicyclic) bond motifs is 1. The minimum absolute atomic E-state index is 0.0415. The minimum Gasteiger partial charge on any atom is -0.388 e. The summed E-state index contributed by atoms with van der Waals surface area (Å²) in [7, 11) is 1.93. The number of likely N-dealkylation sites (tertiary alicyclic amines) is 1. The number of hydrogen-bond acceptors (Lipinski definition) is 6. The second-order valence-electron chi connectivity index (χ2n) is 8.34. The van der Waals surface area contributed by atoms with Crippen LogP contribution >= 0.6 is 0 Å². The number of benzene rings is 1. The molecule has 2 aromatic heterocycles. The van der Waals surface area contributed by atoms with Gasteiger partial charge in [0.15, 0.2) is 5.52 Å². The van der Waals surface area contributed by atoms with E-state index in [2.05, 4.69) is 51.4 Å². The number of anilines is 1. The molecule has 2 aliphatic rings. The van der Waals surface area contributed by atoms with E-state index in [0.29, 0.717) is 17.3 Å². The molecule has 3 aromatic rings. The molecule has 2 fully saturated rings. The maximum atomic E-state index is 12.7. The summed E-state index contributed by atoms with van der Waals surface area (Å²) in [5, 5.41) is 7.96. The maximum Gasteiger partial charge on any atom is 0.277 e. The first-order chi connectivity index (χ1) is 14.6. The Kier molecular flexibility index (Phi) is 5.04. The van der Waals surface area contributed by atoms with E-state index in [1.165, 1.54) is 5.56 Å². The predicted molar refractivity (Wildman–Crippen MR) is 115 cm³/mol. The Morgan fingerprint density at radius 3 is 2.60 bits per heavy atom. The number of aromatic nitrogens is 4. The van der Waals surface area contributed by atoms with Crippen molar-refractivity contribution in [2.24, 2.45) is 0 Å². The molecule has 8 heteroatoms. The van der Waals surface area contributed by atoms with Gasteiger partial charge in [-0.05, 0) is 37.5 Å². The molecule has 1 atom stereocenters. The number of rotatable bonds is 5. The van der Waals surface area contributed by atoms with E-state index in [1.54, 1.807) is 10.7 Å². The van der Waals surface area contributed by atoms with Crippen molar-refractivity contribution in [1.82, 2.24) is 24.5 Å². The molecule has 0 radical (unpaired) electrons. The topological polar surface area (TPSA) is 87.5 Å². The molecule has 0 saturated carbocycles. The van der Waals surface area contributed by atoms with Crippen LogP contribution in [0.2, 0.25) is 0 Å². The summed E-state index contributed by atoms with van der Waals surface area (Å²) in [4.78, 5) is 22.5. The fourth-order valence-corrected chi connectivity index (χ4v) is 4.49. The number of H-pyrrole nitrogens is 1. The molecular weight excluding hydrogens is 380 g/mol. The van der Waals surface area contributed by atoms with Crippen LogP contribution < -0.4 is 10.9 Å². The number of hydrogen-bond donors (Lipinski definition) is 2. The van der Waals surface area contributed by atoms with Gasteiger partial charge in [0.2, 0.25) is 0 Å². The quantitative estimate of drug-likeness (QED) is 0.675. The van der Waals surface area contributed by atoms with E-state index in [-0.39, 0.29) is 17.5 Å². The molecule has 0 spiro atoms. The van der Waals surface area contributed by atoms with Crippen molar-refractivity contribution in [3.8, 4) is 0 Å². The third kappa shape index (κ3) is 3.40. The molecule has 5 rings (SSSR count). The highest BCUT2D eigenvalue weighted by Gasteiger charge is 2.33. The van der Waals surface area contributed by atoms with Gasteiger partial charge in [-0.2, -0.15) is 5.10 Å². The third-order valence-corrected chi connectivity index (χ3v) is 6.56. The van der Waals surface area contributed by atoms with Gasteiger partial charge >= 0.3 is 0 Å². The normalized spacial score (nSPS) is 19.7. The molecule has 1 aromatic carbocycles. The van der Waals surface area contributed by atoms with E-state index in [9.17, 15) is 4.79 Å². The first-order valence-electron chi connectivity index (χ1n) is 10.7. The van der Waals surface area contributed by atoms with Crippen LogP contribution in [0.25, 0.3) is 5.52 Å². The van der Waals surface area contributed by atoms with Gasteiger partial charge in [-0.1, -0.05) is 12.1 Å². The summed E-state index contributed by atoms with van der Waals surface area (Å²) < 4.78 is 7.23. The van der Waals surface area contributed by atoms with Crippen LogP contribution in [0.3, 0.4) is 0 Å². The monoisotopic (exact) mass is 408 g/mol. The van der Waals surface area contributed by atoms with Crippen molar-refractivity contribution in [2.45, 2.75) is 37.6 Å². The van der Waals surface area contributed by atoms with Gasteiger partial charge in [-0.15, -0.1) is 0 Å². The second kappa shape index (κ2) is 7.85. The zero-order chi connectivity index (χ0) is 20.7. The third-order valence-electron chi connectivity index (χ3n) is 6.56. The van der Waals surface area contributed by atoms with Crippen molar-refractivity contribution >= 4 is 11.2 Å². The number of nitrogens with one attached hydrogen (secondary N) is 2. The van der Waals surface area contributed by atoms with Crippen molar-refractivity contribution in [1.29, 1.82) is 0 Å². The standard InChI is InChI=1S/C22H28N6O2/c1-14(27-12-17(13-27)15-3-5-18(23-2)6-4-15)20-25-22(29)19-11-24-21(28(19)26-20)16-7-9-30-10-8-16/h3-6,11,14,16-17,23H,7-10,12-13H2,1-2H3,(H,25,26,29). The molecule has 2 N–H and O–H groups in total. The highest BCUT2D eigenvalue weighted by atomic mass is 16.5. The summed E-state index contributed by atoms with van der Waals surface area (Å²) in [5.41, 5.74) is 2.86. The SMILES string of the molecule is CNc1ccc(C2CN(C(C)c3nn4c(C5CCOCC5)ncc4c(=O)[nH]3)C2)cc1. The zero-order valence-corrected chi connectivity index (χ0v) is 17.5. The summed E-state index contributed by atoms with van der Waals surface area (Å²) in [6, 6.07) is 8.66. The van der Waals surface area contributed by atoms with Crippen molar-refractivity contribution in [3.05, 3.63) is 58.0 Å². The largest absolute Gasteiger partial charge is 0.388 e. The molecular formula is C22H28N6O2. The lowest BCUT2D eigenvalue weighted by atomic mass is 9.90. The maximum absolute atomic E-state index is 12.7. The van der Waals surface area contributed by atoms with Gasteiger partial charge in [-0.25, -0.2) is 9.50 Å². The Hall–Kier alpha value is -2.71. The predicted octanol–water partition coefficient (Wildman–Crippen LogP) is 2.51. The van der Waals surface area contributed by atoms with Gasteiger partial charge in [0, 0.05) is 50.9 Å². The lowest BCUT2D eigenvalue weighted by Gasteiger charge is -2.43. The summed E-state index contributed by atoms with van der Waals surface area (Å²) in [6.07, 6.45) is 3.47. The molecule has 0 amide bonds. The van der Waals surface area contributed by atoms with E-state index < -0.39 is 0 Å². The van der Waals surface area contributed by atoms with E-state index >= 15 is 0 Å². The van der Waals surface area contributed by atoms with Crippen LogP contribution in [0.1, 0.15) is 54.9 Å². The average Bonchev–Trinajstić information content (AvgIpc) is 3.18. The molecule has 1 unspecified atom stereocenters. The highest BCUT2D eigenvalue weighted by Crippen LogP contribution is 2.33. The number of nitrogens with zero attached hydrogens (tertiary/aromatic N) is 4. The van der Waals surface area contributed by atoms with Gasteiger partial charge in [0.1, 0.15) is 11.6 Å². The lowest BCUT2D eigenvalue weighted by Crippen LogP contribution is -2.46. The lowest BCUT2D eigenvalue weighted by molar-refractivity contribution is 0.0829. The van der Waals surface area contributed by atoms with Crippen molar-refractivity contribution in [2.75, 3.05) is 38.7 Å². The van der Waals surface area contributed by atoms with Gasteiger partial charge in [0.05, 0.1) is 12.2 Å². The molecule has 2 saturated heterocycles. The highest BCUT2D eigenvalue weighted by molar-refractivity contribution is 5.45. The molecule has 0 bridgehead atoms. The Bertz CT molecular complexity index is 1080. The number of ether oxygens (including phenoxy) is 1. The molecule has 8 nitrogen and oxygen atoms in total. The van der Waals surface area contributed by atoms with Crippen LogP contribution in [-0.4, -0.2) is 57.8 Å². The number of imidazole rings is 1. The fraction of sp³-hybridized carbons (Fsp3) is 0.500. The Labute approximate surface area is 175 Å². The van der Waals surface area contributed by atoms with Crippen LogP contribution in [0.5, 0.6) is 0 Å². The first-order valence-corrected chi connectivity index (χ1v) is 10.7. The number of aromatic amines is 1. The smallest absolute Gasteiger partial charge is 0.277 e. The van der Waals surface area contributed by atoms with E-state index in [1.807, 2.05) is 7.05 Å². The van der Waals surface area contributed by atoms with Gasteiger partial charge < -0.3 is 15.0 Å². The van der Waals surface area contributed by atoms with Crippen LogP contribution in [0, 0.1) is 0 Å². The average molecular weight is 409 g/mol. The zero-order valence-electron chi connectivity index (χ0n) is 17.5. The van der Waals surface area contributed by atoms with Crippen molar-refractivity contribution in [3.63, 3.8) is 0 Å².